The Morgan fingerprint density at radius 2 is 0.857 bits per heavy atom. The summed E-state index contributed by atoms with van der Waals surface area (Å²) in [5.74, 6) is -20.9. The van der Waals surface area contributed by atoms with Gasteiger partial charge < -0.3 is 106 Å². The SMILES string of the molecule is O=C(OC1C(c2cc(O)c(O)c(O)c2)Oc2c(c(O)cc(O)c2C2c3c(O)cc(O)cc3OC(c3cc(O)c(O)c(O)c3)C2OC(=O)c2cc(O)c(O)c(O)c2)C1SCCO)c1cc(O)c(O)c(O)c1. The van der Waals surface area contributed by atoms with Crippen molar-refractivity contribution in [3.8, 4) is 103 Å². The number of aliphatic hydroxyl groups is 1. The Bertz CT molecular complexity index is 3030. The van der Waals surface area contributed by atoms with E-state index in [4.69, 9.17) is 18.9 Å². The standard InChI is InChI=1S/C46H38O23S/c47-1-2-70-44-33-21(51)13-20(50)32(41(33)67-40(15-5-24(54)36(61)25(55)6-15)43(44)69-46(65)17-9-28(58)38(63)29(59)10-17)34-31-19(49)11-18(48)12-30(31)66-39(14-3-22(52)35(60)23(53)4-14)42(34)68-45(64)16-7-26(56)37(62)27(57)8-16/h3-13,34,39-40,42-44,47-63H,1-2H2. The Labute approximate surface area is 395 Å². The van der Waals surface area contributed by atoms with E-state index in [9.17, 15) is 96.4 Å². The summed E-state index contributed by atoms with van der Waals surface area (Å²) in [7, 11) is 0. The minimum Gasteiger partial charge on any atom is -0.508 e. The quantitative estimate of drug-likeness (QED) is 0.0659. The monoisotopic (exact) mass is 990 g/mol. The van der Waals surface area contributed by atoms with Crippen LogP contribution in [-0.2, 0) is 9.47 Å². The third-order valence-electron chi connectivity index (χ3n) is 11.4. The molecule has 8 rings (SSSR count). The molecule has 2 aliphatic heterocycles. The lowest BCUT2D eigenvalue weighted by Crippen LogP contribution is -2.41. The molecule has 23 nitrogen and oxygen atoms in total. The van der Waals surface area contributed by atoms with Crippen molar-refractivity contribution in [2.24, 2.45) is 0 Å². The van der Waals surface area contributed by atoms with E-state index in [2.05, 4.69) is 0 Å². The molecular weight excluding hydrogens is 953 g/mol. The number of aliphatic hydroxyl groups excluding tert-OH is 1. The highest BCUT2D eigenvalue weighted by atomic mass is 32.2. The second kappa shape index (κ2) is 17.9. The van der Waals surface area contributed by atoms with Gasteiger partial charge in [0.25, 0.3) is 0 Å². The Balaban J connectivity index is 1.42. The number of carbonyl (C=O) groups is 2. The number of hydrogen-bond acceptors (Lipinski definition) is 24. The number of carbonyl (C=O) groups excluding carboxylic acids is 2. The van der Waals surface area contributed by atoms with Crippen LogP contribution in [0.5, 0.6) is 103 Å². The van der Waals surface area contributed by atoms with Crippen LogP contribution in [0.2, 0.25) is 0 Å². The predicted molar refractivity (Wildman–Crippen MR) is 235 cm³/mol. The molecule has 0 amide bonds. The molecule has 24 heteroatoms. The molecule has 6 unspecified atom stereocenters. The maximum absolute atomic E-state index is 14.2. The molecule has 0 aliphatic carbocycles. The van der Waals surface area contributed by atoms with Gasteiger partial charge in [-0.1, -0.05) is 0 Å². The van der Waals surface area contributed by atoms with Gasteiger partial charge in [0.05, 0.1) is 34.5 Å². The van der Waals surface area contributed by atoms with E-state index >= 15 is 0 Å². The number of ether oxygens (including phenoxy) is 4. The third-order valence-corrected chi connectivity index (χ3v) is 12.7. The molecule has 0 radical (unpaired) electrons. The van der Waals surface area contributed by atoms with Gasteiger partial charge in [0.15, 0.2) is 93.4 Å². The Morgan fingerprint density at radius 3 is 1.31 bits per heavy atom. The first-order valence-electron chi connectivity index (χ1n) is 20.2. The highest BCUT2D eigenvalue weighted by Gasteiger charge is 2.52. The van der Waals surface area contributed by atoms with Crippen LogP contribution in [0.15, 0.2) is 66.7 Å². The second-order valence-corrected chi connectivity index (χ2v) is 17.0. The molecule has 366 valence electrons. The van der Waals surface area contributed by atoms with Crippen LogP contribution in [0.3, 0.4) is 0 Å². The number of phenols is 16. The normalized spacial score (nSPS) is 19.2. The first kappa shape index (κ1) is 47.5. The number of fused-ring (bicyclic) bond motifs is 2. The molecule has 70 heavy (non-hydrogen) atoms. The molecule has 6 aromatic rings. The number of benzene rings is 6. The van der Waals surface area contributed by atoms with Crippen molar-refractivity contribution in [2.75, 3.05) is 12.4 Å². The molecule has 0 aromatic heterocycles. The zero-order chi connectivity index (χ0) is 50.8. The maximum atomic E-state index is 14.2. The van der Waals surface area contributed by atoms with E-state index in [1.807, 2.05) is 0 Å². The fraction of sp³-hybridized carbons (Fsp3) is 0.174. The lowest BCUT2D eigenvalue weighted by molar-refractivity contribution is -0.0307. The number of aromatic hydroxyl groups is 16. The number of rotatable bonds is 10. The molecule has 0 saturated heterocycles. The van der Waals surface area contributed by atoms with Crippen LogP contribution in [0.1, 0.15) is 71.9 Å². The second-order valence-electron chi connectivity index (χ2n) is 15.8. The average molecular weight is 991 g/mol. The van der Waals surface area contributed by atoms with Crippen LogP contribution in [0.4, 0.5) is 0 Å². The van der Waals surface area contributed by atoms with Crippen molar-refractivity contribution >= 4 is 23.7 Å². The van der Waals surface area contributed by atoms with Gasteiger partial charge in [-0.3, -0.25) is 0 Å². The molecule has 17 N–H and O–H groups in total. The third kappa shape index (κ3) is 8.25. The fourth-order valence-corrected chi connectivity index (χ4v) is 9.42. The fourth-order valence-electron chi connectivity index (χ4n) is 8.27. The van der Waals surface area contributed by atoms with Gasteiger partial charge in [-0.05, 0) is 48.5 Å². The van der Waals surface area contributed by atoms with Crippen LogP contribution in [-0.4, -0.2) is 123 Å². The largest absolute Gasteiger partial charge is 0.508 e. The van der Waals surface area contributed by atoms with E-state index in [-0.39, 0.29) is 22.4 Å². The van der Waals surface area contributed by atoms with Gasteiger partial charge in [0.1, 0.15) is 34.5 Å². The van der Waals surface area contributed by atoms with E-state index in [1.165, 1.54) is 0 Å². The summed E-state index contributed by atoms with van der Waals surface area (Å²) in [6.45, 7) is -0.575. The van der Waals surface area contributed by atoms with E-state index in [0.29, 0.717) is 12.1 Å². The van der Waals surface area contributed by atoms with Gasteiger partial charge in [-0.25, -0.2) is 9.59 Å². The van der Waals surface area contributed by atoms with E-state index < -0.39 is 180 Å². The summed E-state index contributed by atoms with van der Waals surface area (Å²) in [6.07, 6.45) is -7.58. The molecule has 0 spiro atoms. The Kier molecular flexibility index (Phi) is 12.1. The molecule has 2 heterocycles. The summed E-state index contributed by atoms with van der Waals surface area (Å²) < 4.78 is 24.7. The number of thioether (sulfide) groups is 1. The Morgan fingerprint density at radius 1 is 0.457 bits per heavy atom. The molecule has 6 aromatic carbocycles. The molecule has 2 aliphatic rings. The minimum atomic E-state index is -2.06. The van der Waals surface area contributed by atoms with Crippen molar-refractivity contribution in [1.82, 2.24) is 0 Å². The molecule has 0 fully saturated rings. The van der Waals surface area contributed by atoms with Crippen molar-refractivity contribution in [1.29, 1.82) is 0 Å². The van der Waals surface area contributed by atoms with Gasteiger partial charge in [0, 0.05) is 46.2 Å². The first-order valence-corrected chi connectivity index (χ1v) is 21.3. The van der Waals surface area contributed by atoms with Gasteiger partial charge in [-0.2, -0.15) is 0 Å². The number of esters is 2. The summed E-state index contributed by atoms with van der Waals surface area (Å²) in [5, 5.41) is 180. The van der Waals surface area contributed by atoms with Gasteiger partial charge in [-0.15, -0.1) is 11.8 Å². The summed E-state index contributed by atoms with van der Waals surface area (Å²) in [5.41, 5.74) is -3.15. The maximum Gasteiger partial charge on any atom is 0.338 e. The summed E-state index contributed by atoms with van der Waals surface area (Å²) in [4.78, 5) is 28.2. The lowest BCUT2D eigenvalue weighted by atomic mass is 9.77. The number of phenolic OH excluding ortho intramolecular Hbond substituents is 16. The molecule has 0 bridgehead atoms. The van der Waals surface area contributed by atoms with Crippen LogP contribution < -0.4 is 9.47 Å². The smallest absolute Gasteiger partial charge is 0.338 e. The van der Waals surface area contributed by atoms with Crippen molar-refractivity contribution in [3.05, 3.63) is 106 Å². The summed E-state index contributed by atoms with van der Waals surface area (Å²) >= 11 is 0.783. The zero-order valence-corrected chi connectivity index (χ0v) is 36.0. The highest BCUT2D eigenvalue weighted by molar-refractivity contribution is 7.99. The minimum absolute atomic E-state index is 0.226. The van der Waals surface area contributed by atoms with E-state index in [0.717, 1.165) is 66.4 Å². The predicted octanol–water partition coefficient (Wildman–Crippen LogP) is 4.59. The van der Waals surface area contributed by atoms with Crippen molar-refractivity contribution in [3.63, 3.8) is 0 Å². The van der Waals surface area contributed by atoms with Crippen LogP contribution in [0, 0.1) is 0 Å². The van der Waals surface area contributed by atoms with Gasteiger partial charge >= 0.3 is 11.9 Å². The summed E-state index contributed by atoms with van der Waals surface area (Å²) in [6, 6.07) is 8.82. The zero-order valence-electron chi connectivity index (χ0n) is 35.2. The average Bonchev–Trinajstić information content (AvgIpc) is 3.29. The van der Waals surface area contributed by atoms with Gasteiger partial charge in [0.2, 0.25) is 0 Å². The van der Waals surface area contributed by atoms with Crippen LogP contribution in [0.25, 0.3) is 0 Å². The van der Waals surface area contributed by atoms with Crippen molar-refractivity contribution < 1.29 is 115 Å². The molecule has 0 saturated carbocycles. The van der Waals surface area contributed by atoms with Crippen molar-refractivity contribution in [2.45, 2.75) is 35.6 Å². The van der Waals surface area contributed by atoms with Crippen LogP contribution >= 0.6 is 11.8 Å². The topological polar surface area (TPSA) is 415 Å². The lowest BCUT2D eigenvalue weighted by Gasteiger charge is -2.43. The highest BCUT2D eigenvalue weighted by Crippen LogP contribution is 2.62. The molecular formula is C46H38O23S. The first-order chi connectivity index (χ1) is 33.1. The molecule has 6 atom stereocenters. The van der Waals surface area contributed by atoms with E-state index in [1.54, 1.807) is 0 Å². The Hall–Kier alpha value is -9.03. The number of hydrogen-bond donors (Lipinski definition) is 17.